The molecule has 0 rings (SSSR count). The molecule has 0 fully saturated rings. The first kappa shape index (κ1) is 10.5. The molecule has 0 bridgehead atoms. The zero-order chi connectivity index (χ0) is 8.85. The van der Waals surface area contributed by atoms with Crippen LogP contribution in [0.3, 0.4) is 0 Å². The van der Waals surface area contributed by atoms with Crippen LogP contribution in [0.25, 0.3) is 0 Å². The molecule has 0 aromatic carbocycles. The molecule has 0 heterocycles. The SMILES string of the molecule is CCCC(C(=O)O)C(=O)CS. The molecule has 0 aliphatic heterocycles. The Hall–Kier alpha value is -0.510. The minimum atomic E-state index is -1.04. The standard InChI is InChI=1S/C7H12O3S/c1-2-3-5(7(9)10)6(8)4-11/h5,11H,2-4H2,1H3,(H,9,10). The van der Waals surface area contributed by atoms with E-state index in [0.29, 0.717) is 12.8 Å². The summed E-state index contributed by atoms with van der Waals surface area (Å²) in [6.45, 7) is 1.85. The summed E-state index contributed by atoms with van der Waals surface area (Å²) in [6, 6.07) is 0. The molecule has 1 unspecified atom stereocenters. The van der Waals surface area contributed by atoms with Crippen molar-refractivity contribution in [1.82, 2.24) is 0 Å². The number of thiol groups is 1. The van der Waals surface area contributed by atoms with Crippen LogP contribution < -0.4 is 0 Å². The van der Waals surface area contributed by atoms with Crippen molar-refractivity contribution >= 4 is 24.4 Å². The van der Waals surface area contributed by atoms with Crippen molar-refractivity contribution in [2.24, 2.45) is 5.92 Å². The van der Waals surface area contributed by atoms with Crippen molar-refractivity contribution in [3.05, 3.63) is 0 Å². The number of carbonyl (C=O) groups excluding carboxylic acids is 1. The lowest BCUT2D eigenvalue weighted by atomic mass is 10.0. The van der Waals surface area contributed by atoms with E-state index in [9.17, 15) is 9.59 Å². The predicted octanol–water partition coefficient (Wildman–Crippen LogP) is 0.986. The van der Waals surface area contributed by atoms with E-state index in [4.69, 9.17) is 5.11 Å². The van der Waals surface area contributed by atoms with Gasteiger partial charge in [-0.2, -0.15) is 12.6 Å². The van der Waals surface area contributed by atoms with Crippen molar-refractivity contribution in [2.45, 2.75) is 19.8 Å². The first-order valence-corrected chi connectivity index (χ1v) is 4.13. The minimum Gasteiger partial charge on any atom is -0.481 e. The number of hydrogen-bond acceptors (Lipinski definition) is 3. The zero-order valence-electron chi connectivity index (χ0n) is 6.41. The number of ketones is 1. The van der Waals surface area contributed by atoms with Crippen LogP contribution in [0.15, 0.2) is 0 Å². The Morgan fingerprint density at radius 2 is 2.09 bits per heavy atom. The van der Waals surface area contributed by atoms with E-state index in [1.54, 1.807) is 0 Å². The van der Waals surface area contributed by atoms with Crippen LogP contribution in [0, 0.1) is 5.92 Å². The van der Waals surface area contributed by atoms with E-state index in [0.717, 1.165) is 0 Å². The quantitative estimate of drug-likeness (QED) is 0.485. The van der Waals surface area contributed by atoms with Gasteiger partial charge in [-0.25, -0.2) is 0 Å². The Kier molecular flexibility index (Phi) is 4.94. The summed E-state index contributed by atoms with van der Waals surface area (Å²) < 4.78 is 0. The number of carboxylic acid groups (broad SMARTS) is 1. The maximum absolute atomic E-state index is 10.9. The van der Waals surface area contributed by atoms with Gasteiger partial charge >= 0.3 is 5.97 Å². The van der Waals surface area contributed by atoms with Crippen molar-refractivity contribution in [2.75, 3.05) is 5.75 Å². The smallest absolute Gasteiger partial charge is 0.314 e. The Labute approximate surface area is 71.2 Å². The monoisotopic (exact) mass is 176 g/mol. The normalized spacial score (nSPS) is 12.5. The molecule has 3 nitrogen and oxygen atoms in total. The van der Waals surface area contributed by atoms with E-state index in [1.165, 1.54) is 0 Å². The van der Waals surface area contributed by atoms with Gasteiger partial charge in [0.1, 0.15) is 5.92 Å². The second-order valence-corrected chi connectivity index (χ2v) is 2.62. The molecular formula is C7H12O3S. The molecular weight excluding hydrogens is 164 g/mol. The number of rotatable bonds is 5. The van der Waals surface area contributed by atoms with Gasteiger partial charge in [0.05, 0.1) is 5.75 Å². The molecule has 1 N–H and O–H groups in total. The first-order valence-electron chi connectivity index (χ1n) is 3.49. The molecule has 0 saturated heterocycles. The minimum absolute atomic E-state index is 0.0109. The van der Waals surface area contributed by atoms with Crippen LogP contribution in [-0.2, 0) is 9.59 Å². The fourth-order valence-corrected chi connectivity index (χ4v) is 1.04. The van der Waals surface area contributed by atoms with Crippen LogP contribution in [0.2, 0.25) is 0 Å². The number of Topliss-reactive ketones (excluding diaryl/α,β-unsaturated/α-hetero) is 1. The highest BCUT2D eigenvalue weighted by atomic mass is 32.1. The van der Waals surface area contributed by atoms with Gasteiger partial charge in [0.2, 0.25) is 0 Å². The summed E-state index contributed by atoms with van der Waals surface area (Å²) in [5.74, 6) is -2.18. The van der Waals surface area contributed by atoms with Crippen LogP contribution in [-0.4, -0.2) is 22.6 Å². The molecule has 0 aliphatic rings. The molecule has 1 atom stereocenters. The summed E-state index contributed by atoms with van der Waals surface area (Å²) in [5, 5.41) is 8.55. The fourth-order valence-electron chi connectivity index (χ4n) is 0.821. The number of carboxylic acids is 1. The van der Waals surface area contributed by atoms with Crippen molar-refractivity contribution < 1.29 is 14.7 Å². The molecule has 11 heavy (non-hydrogen) atoms. The van der Waals surface area contributed by atoms with Crippen LogP contribution in [0.4, 0.5) is 0 Å². The van der Waals surface area contributed by atoms with Gasteiger partial charge in [-0.1, -0.05) is 13.3 Å². The average molecular weight is 176 g/mol. The highest BCUT2D eigenvalue weighted by Gasteiger charge is 2.23. The van der Waals surface area contributed by atoms with Gasteiger partial charge in [-0.3, -0.25) is 9.59 Å². The van der Waals surface area contributed by atoms with Crippen molar-refractivity contribution in [1.29, 1.82) is 0 Å². The molecule has 0 spiro atoms. The fraction of sp³-hybridized carbons (Fsp3) is 0.714. The van der Waals surface area contributed by atoms with Gasteiger partial charge in [-0.15, -0.1) is 0 Å². The summed E-state index contributed by atoms with van der Waals surface area (Å²) in [4.78, 5) is 21.3. The van der Waals surface area contributed by atoms with Gasteiger partial charge in [0.25, 0.3) is 0 Å². The molecule has 0 aromatic rings. The summed E-state index contributed by atoms with van der Waals surface area (Å²) in [5.41, 5.74) is 0. The van der Waals surface area contributed by atoms with Crippen LogP contribution in [0.1, 0.15) is 19.8 Å². The number of aliphatic carboxylic acids is 1. The third-order valence-electron chi connectivity index (χ3n) is 1.42. The van der Waals surface area contributed by atoms with Crippen molar-refractivity contribution in [3.8, 4) is 0 Å². The third kappa shape index (κ3) is 3.41. The summed E-state index contributed by atoms with van der Waals surface area (Å²) in [6.07, 6.45) is 1.12. The molecule has 64 valence electrons. The van der Waals surface area contributed by atoms with Gasteiger partial charge in [-0.05, 0) is 6.42 Å². The second kappa shape index (κ2) is 5.18. The topological polar surface area (TPSA) is 54.4 Å². The van der Waals surface area contributed by atoms with Crippen LogP contribution >= 0.6 is 12.6 Å². The lowest BCUT2D eigenvalue weighted by molar-refractivity contribution is -0.145. The molecule has 0 amide bonds. The average Bonchev–Trinajstić information content (AvgIpc) is 1.98. The summed E-state index contributed by atoms with van der Waals surface area (Å²) in [7, 11) is 0. The zero-order valence-corrected chi connectivity index (χ0v) is 7.30. The van der Waals surface area contributed by atoms with Crippen LogP contribution in [0.5, 0.6) is 0 Å². The maximum atomic E-state index is 10.9. The molecule has 0 radical (unpaired) electrons. The Morgan fingerprint density at radius 3 is 2.36 bits per heavy atom. The third-order valence-corrected chi connectivity index (χ3v) is 1.73. The van der Waals surface area contributed by atoms with E-state index >= 15 is 0 Å². The largest absolute Gasteiger partial charge is 0.481 e. The molecule has 0 aliphatic carbocycles. The Morgan fingerprint density at radius 1 is 1.55 bits per heavy atom. The Bertz CT molecular complexity index is 156. The lowest BCUT2D eigenvalue weighted by Gasteiger charge is -2.06. The Balaban J connectivity index is 4.09. The highest BCUT2D eigenvalue weighted by molar-refractivity contribution is 7.81. The first-order chi connectivity index (χ1) is 5.13. The van der Waals surface area contributed by atoms with E-state index in [-0.39, 0.29) is 11.5 Å². The predicted molar refractivity (Wildman–Crippen MR) is 44.9 cm³/mol. The number of carbonyl (C=O) groups is 2. The lowest BCUT2D eigenvalue weighted by Crippen LogP contribution is -2.24. The van der Waals surface area contributed by atoms with E-state index < -0.39 is 11.9 Å². The molecule has 4 heteroatoms. The van der Waals surface area contributed by atoms with E-state index in [1.807, 2.05) is 6.92 Å². The van der Waals surface area contributed by atoms with Gasteiger partial charge in [0.15, 0.2) is 5.78 Å². The van der Waals surface area contributed by atoms with Crippen molar-refractivity contribution in [3.63, 3.8) is 0 Å². The maximum Gasteiger partial charge on any atom is 0.314 e. The number of hydrogen-bond donors (Lipinski definition) is 2. The second-order valence-electron chi connectivity index (χ2n) is 2.30. The highest BCUT2D eigenvalue weighted by Crippen LogP contribution is 2.08. The van der Waals surface area contributed by atoms with Gasteiger partial charge in [0, 0.05) is 0 Å². The molecule has 0 saturated carbocycles. The van der Waals surface area contributed by atoms with Gasteiger partial charge < -0.3 is 5.11 Å². The summed E-state index contributed by atoms with van der Waals surface area (Å²) >= 11 is 3.73. The molecule has 0 aromatic heterocycles. The van der Waals surface area contributed by atoms with E-state index in [2.05, 4.69) is 12.6 Å².